The molecule has 1 aromatic carbocycles. The van der Waals surface area contributed by atoms with Gasteiger partial charge in [-0.3, -0.25) is 4.79 Å². The highest BCUT2D eigenvalue weighted by Crippen LogP contribution is 2.22. The lowest BCUT2D eigenvalue weighted by molar-refractivity contribution is 0.103. The molecular weight excluding hydrogens is 306 g/mol. The van der Waals surface area contributed by atoms with E-state index in [1.54, 1.807) is 30.3 Å². The quantitative estimate of drug-likeness (QED) is 0.836. The number of amides is 1. The average molecular weight is 316 g/mol. The molecule has 0 radical (unpaired) electrons. The number of nitrogens with two attached hydrogens (primary N) is 1. The van der Waals surface area contributed by atoms with Crippen molar-refractivity contribution in [1.29, 1.82) is 5.26 Å². The summed E-state index contributed by atoms with van der Waals surface area (Å²) in [4.78, 5) is 13.4. The van der Waals surface area contributed by atoms with Gasteiger partial charge >= 0.3 is 0 Å². The van der Waals surface area contributed by atoms with Crippen molar-refractivity contribution in [2.24, 2.45) is 5.73 Å². The maximum atomic E-state index is 12.2. The highest BCUT2D eigenvalue weighted by Gasteiger charge is 2.11. The molecule has 1 aromatic heterocycles. The zero-order chi connectivity index (χ0) is 15.2. The van der Waals surface area contributed by atoms with Crippen LogP contribution < -0.4 is 11.1 Å². The van der Waals surface area contributed by atoms with Crippen molar-refractivity contribution < 1.29 is 4.79 Å². The number of hydrogen-bond acceptors (Lipinski definition) is 4. The second-order valence-corrected chi connectivity index (χ2v) is 5.45. The Labute approximate surface area is 131 Å². The number of rotatable bonds is 2. The lowest BCUT2D eigenvalue weighted by atomic mass is 10.2. The number of nitrogens with zero attached hydrogens (tertiary/aromatic N) is 1. The number of anilines is 1. The Bertz CT molecular complexity index is 780. The number of benzene rings is 1. The van der Waals surface area contributed by atoms with Gasteiger partial charge < -0.3 is 11.1 Å². The highest BCUT2D eigenvalue weighted by molar-refractivity contribution is 7.14. The molecule has 21 heavy (non-hydrogen) atoms. The minimum Gasteiger partial charge on any atom is -0.320 e. The van der Waals surface area contributed by atoms with E-state index in [0.717, 1.165) is 4.88 Å². The van der Waals surface area contributed by atoms with E-state index < -0.39 is 0 Å². The second-order valence-electron chi connectivity index (χ2n) is 3.93. The van der Waals surface area contributed by atoms with Crippen molar-refractivity contribution in [3.05, 3.63) is 50.7 Å². The van der Waals surface area contributed by atoms with Crippen molar-refractivity contribution >= 4 is 34.5 Å². The molecule has 0 bridgehead atoms. The Kier molecular flexibility index (Phi) is 4.97. The van der Waals surface area contributed by atoms with Gasteiger partial charge in [0, 0.05) is 5.02 Å². The molecule has 104 valence electrons. The Morgan fingerprint density at radius 2 is 2.19 bits per heavy atom. The summed E-state index contributed by atoms with van der Waals surface area (Å²) in [5.41, 5.74) is 6.04. The van der Waals surface area contributed by atoms with Crippen LogP contribution in [-0.2, 0) is 0 Å². The van der Waals surface area contributed by atoms with E-state index in [1.165, 1.54) is 11.3 Å². The van der Waals surface area contributed by atoms with E-state index >= 15 is 0 Å². The summed E-state index contributed by atoms with van der Waals surface area (Å²) in [5.74, 6) is 5.29. The fourth-order valence-corrected chi connectivity index (χ4v) is 2.51. The van der Waals surface area contributed by atoms with Gasteiger partial charge in [0.05, 0.1) is 27.5 Å². The maximum Gasteiger partial charge on any atom is 0.265 e. The summed E-state index contributed by atoms with van der Waals surface area (Å²) >= 11 is 7.14. The molecule has 1 amide bonds. The summed E-state index contributed by atoms with van der Waals surface area (Å²) in [5, 5.41) is 12.2. The van der Waals surface area contributed by atoms with Crippen molar-refractivity contribution in [2.45, 2.75) is 0 Å². The van der Waals surface area contributed by atoms with Gasteiger partial charge in [-0.15, -0.1) is 11.3 Å². The van der Waals surface area contributed by atoms with Gasteiger partial charge in [-0.2, -0.15) is 5.26 Å². The molecular formula is C15H10ClN3OS. The SMILES string of the molecule is N#Cc1ccc(Cl)cc1NC(=O)c1ccc(C#CCN)s1. The monoisotopic (exact) mass is 315 g/mol. The van der Waals surface area contributed by atoms with Crippen LogP contribution in [0.4, 0.5) is 5.69 Å². The third kappa shape index (κ3) is 3.84. The molecule has 0 saturated heterocycles. The number of halogens is 1. The summed E-state index contributed by atoms with van der Waals surface area (Å²) in [6, 6.07) is 10.1. The Morgan fingerprint density at radius 1 is 1.38 bits per heavy atom. The topological polar surface area (TPSA) is 78.9 Å². The van der Waals surface area contributed by atoms with Crippen LogP contribution >= 0.6 is 22.9 Å². The molecule has 0 unspecified atom stereocenters. The summed E-state index contributed by atoms with van der Waals surface area (Å²) in [6.45, 7) is 0.271. The Hall–Kier alpha value is -2.31. The summed E-state index contributed by atoms with van der Waals surface area (Å²) in [7, 11) is 0. The standard InChI is InChI=1S/C15H10ClN3OS/c16-11-4-3-10(9-18)13(8-11)19-15(20)14-6-5-12(21-14)2-1-7-17/h3-6,8H,7,17H2,(H,19,20). The molecule has 0 aliphatic rings. The van der Waals surface area contributed by atoms with Crippen molar-refractivity contribution in [3.8, 4) is 17.9 Å². The molecule has 4 nitrogen and oxygen atoms in total. The van der Waals surface area contributed by atoms with Gasteiger partial charge in [0.15, 0.2) is 0 Å². The molecule has 0 aliphatic carbocycles. The van der Waals surface area contributed by atoms with Gasteiger partial charge in [-0.25, -0.2) is 0 Å². The van der Waals surface area contributed by atoms with Gasteiger partial charge in [-0.1, -0.05) is 23.4 Å². The molecule has 0 spiro atoms. The molecule has 2 aromatic rings. The first-order chi connectivity index (χ1) is 10.1. The molecule has 0 fully saturated rings. The number of carbonyl (C=O) groups is 1. The predicted octanol–water partition coefficient (Wildman–Crippen LogP) is 2.84. The fraction of sp³-hybridized carbons (Fsp3) is 0.0667. The normalized spacial score (nSPS) is 9.38. The number of nitriles is 1. The lowest BCUT2D eigenvalue weighted by Crippen LogP contribution is -2.11. The van der Waals surface area contributed by atoms with E-state index in [1.807, 2.05) is 6.07 Å². The molecule has 0 saturated carbocycles. The minimum absolute atomic E-state index is 0.271. The van der Waals surface area contributed by atoms with Gasteiger partial charge in [0.1, 0.15) is 6.07 Å². The predicted molar refractivity (Wildman–Crippen MR) is 84.4 cm³/mol. The van der Waals surface area contributed by atoms with Crippen LogP contribution in [0.1, 0.15) is 20.1 Å². The Morgan fingerprint density at radius 3 is 2.90 bits per heavy atom. The zero-order valence-corrected chi connectivity index (χ0v) is 12.4. The summed E-state index contributed by atoms with van der Waals surface area (Å²) in [6.07, 6.45) is 0. The fourth-order valence-electron chi connectivity index (χ4n) is 1.57. The van der Waals surface area contributed by atoms with E-state index in [0.29, 0.717) is 21.2 Å². The van der Waals surface area contributed by atoms with E-state index in [4.69, 9.17) is 22.6 Å². The highest BCUT2D eigenvalue weighted by atomic mass is 35.5. The van der Waals surface area contributed by atoms with Gasteiger partial charge in [0.2, 0.25) is 0 Å². The average Bonchev–Trinajstić information content (AvgIpc) is 2.94. The summed E-state index contributed by atoms with van der Waals surface area (Å²) < 4.78 is 0. The van der Waals surface area contributed by atoms with Crippen LogP contribution in [0.25, 0.3) is 0 Å². The van der Waals surface area contributed by atoms with Gasteiger partial charge in [0.25, 0.3) is 5.91 Å². The smallest absolute Gasteiger partial charge is 0.265 e. The Balaban J connectivity index is 2.20. The van der Waals surface area contributed by atoms with Crippen LogP contribution in [0.3, 0.4) is 0 Å². The van der Waals surface area contributed by atoms with Crippen LogP contribution in [0.15, 0.2) is 30.3 Å². The van der Waals surface area contributed by atoms with Crippen LogP contribution in [0, 0.1) is 23.2 Å². The molecule has 1 heterocycles. The van der Waals surface area contributed by atoms with Crippen LogP contribution in [0.2, 0.25) is 5.02 Å². The number of hydrogen-bond donors (Lipinski definition) is 2. The number of thiophene rings is 1. The number of carbonyl (C=O) groups excluding carboxylic acids is 1. The lowest BCUT2D eigenvalue weighted by Gasteiger charge is -2.06. The molecule has 0 atom stereocenters. The second kappa shape index (κ2) is 6.92. The molecule has 6 heteroatoms. The largest absolute Gasteiger partial charge is 0.320 e. The first kappa shape index (κ1) is 15.1. The first-order valence-electron chi connectivity index (χ1n) is 5.94. The van der Waals surface area contributed by atoms with Crippen molar-refractivity contribution in [2.75, 3.05) is 11.9 Å². The van der Waals surface area contributed by atoms with Crippen LogP contribution in [-0.4, -0.2) is 12.5 Å². The van der Waals surface area contributed by atoms with Crippen molar-refractivity contribution in [3.63, 3.8) is 0 Å². The van der Waals surface area contributed by atoms with Crippen molar-refractivity contribution in [1.82, 2.24) is 0 Å². The number of nitrogens with one attached hydrogen (secondary N) is 1. The van der Waals surface area contributed by atoms with Gasteiger partial charge in [-0.05, 0) is 30.3 Å². The minimum atomic E-state index is -0.306. The molecule has 2 rings (SSSR count). The van der Waals surface area contributed by atoms with E-state index in [-0.39, 0.29) is 12.5 Å². The third-order valence-corrected chi connectivity index (χ3v) is 3.73. The van der Waals surface area contributed by atoms with E-state index in [9.17, 15) is 4.79 Å². The maximum absolute atomic E-state index is 12.2. The molecule has 3 N–H and O–H groups in total. The van der Waals surface area contributed by atoms with Crippen LogP contribution in [0.5, 0.6) is 0 Å². The zero-order valence-electron chi connectivity index (χ0n) is 10.8. The first-order valence-corrected chi connectivity index (χ1v) is 7.13. The third-order valence-electron chi connectivity index (χ3n) is 2.49. The van der Waals surface area contributed by atoms with E-state index in [2.05, 4.69) is 17.2 Å². The molecule has 0 aliphatic heterocycles.